The van der Waals surface area contributed by atoms with Crippen molar-refractivity contribution in [3.05, 3.63) is 28.8 Å². The van der Waals surface area contributed by atoms with Gasteiger partial charge in [-0.2, -0.15) is 0 Å². The van der Waals surface area contributed by atoms with Crippen LogP contribution in [0, 0.1) is 6.92 Å². The van der Waals surface area contributed by atoms with Crippen LogP contribution in [-0.2, 0) is 6.42 Å². The number of nitrogens with one attached hydrogen (secondary N) is 1. The molecule has 0 atom stereocenters. The average molecular weight is 249 g/mol. The van der Waals surface area contributed by atoms with E-state index >= 15 is 0 Å². The van der Waals surface area contributed by atoms with Crippen molar-refractivity contribution >= 4 is 0 Å². The Hall–Kier alpha value is -1.02. The molecular formula is C16H27NO. The van der Waals surface area contributed by atoms with Crippen LogP contribution >= 0.6 is 0 Å². The number of hydrogen-bond donors (Lipinski definition) is 1. The fourth-order valence-corrected chi connectivity index (χ4v) is 2.06. The predicted molar refractivity (Wildman–Crippen MR) is 78.7 cm³/mol. The van der Waals surface area contributed by atoms with E-state index in [2.05, 4.69) is 45.1 Å². The van der Waals surface area contributed by atoms with Gasteiger partial charge in [0.1, 0.15) is 5.75 Å². The lowest BCUT2D eigenvalue weighted by Gasteiger charge is -2.17. The maximum Gasteiger partial charge on any atom is 0.123 e. The molecule has 1 aromatic rings. The summed E-state index contributed by atoms with van der Waals surface area (Å²) in [5.41, 5.74) is 4.10. The van der Waals surface area contributed by atoms with Crippen LogP contribution in [-0.4, -0.2) is 20.2 Å². The lowest BCUT2D eigenvalue weighted by Crippen LogP contribution is -2.12. The molecule has 0 bridgehead atoms. The summed E-state index contributed by atoms with van der Waals surface area (Å²) < 4.78 is 5.87. The number of rotatable bonds is 7. The molecule has 1 aromatic carbocycles. The molecule has 0 fully saturated rings. The molecule has 0 saturated heterocycles. The highest BCUT2D eigenvalue weighted by Crippen LogP contribution is 2.30. The largest absolute Gasteiger partial charge is 0.493 e. The Balaban J connectivity index is 3.00. The molecule has 0 heterocycles. The molecule has 18 heavy (non-hydrogen) atoms. The Labute approximate surface area is 112 Å². The quantitative estimate of drug-likeness (QED) is 0.796. The first-order chi connectivity index (χ1) is 8.60. The molecule has 0 unspecified atom stereocenters. The molecule has 0 aliphatic heterocycles. The van der Waals surface area contributed by atoms with Gasteiger partial charge in [0.05, 0.1) is 6.61 Å². The zero-order valence-corrected chi connectivity index (χ0v) is 12.5. The van der Waals surface area contributed by atoms with Crippen LogP contribution in [0.5, 0.6) is 5.75 Å². The molecule has 102 valence electrons. The number of hydrogen-bond acceptors (Lipinski definition) is 2. The normalized spacial score (nSPS) is 11.0. The number of likely N-dealkylation sites (N-methyl/N-ethyl adjacent to an activating group) is 1. The van der Waals surface area contributed by atoms with Crippen LogP contribution in [0.4, 0.5) is 0 Å². The molecule has 2 heteroatoms. The highest BCUT2D eigenvalue weighted by atomic mass is 16.5. The third-order valence-electron chi connectivity index (χ3n) is 3.20. The summed E-state index contributed by atoms with van der Waals surface area (Å²) in [6, 6.07) is 4.53. The maximum atomic E-state index is 5.87. The fraction of sp³-hybridized carbons (Fsp3) is 0.625. The minimum Gasteiger partial charge on any atom is -0.493 e. The van der Waals surface area contributed by atoms with Crippen molar-refractivity contribution < 1.29 is 4.74 Å². The first-order valence-electron chi connectivity index (χ1n) is 7.01. The van der Waals surface area contributed by atoms with Gasteiger partial charge in [-0.1, -0.05) is 26.8 Å². The van der Waals surface area contributed by atoms with Crippen molar-refractivity contribution in [1.82, 2.24) is 5.32 Å². The molecule has 0 aromatic heterocycles. The van der Waals surface area contributed by atoms with E-state index in [1.807, 2.05) is 7.05 Å². The van der Waals surface area contributed by atoms with Crippen molar-refractivity contribution in [2.24, 2.45) is 0 Å². The van der Waals surface area contributed by atoms with Gasteiger partial charge in [0, 0.05) is 0 Å². The Morgan fingerprint density at radius 3 is 2.56 bits per heavy atom. The third-order valence-corrected chi connectivity index (χ3v) is 3.20. The molecule has 0 amide bonds. The first kappa shape index (κ1) is 15.0. The predicted octanol–water partition coefficient (Wildman–Crippen LogP) is 3.67. The lowest BCUT2D eigenvalue weighted by atomic mass is 9.95. The fourth-order valence-electron chi connectivity index (χ4n) is 2.06. The lowest BCUT2D eigenvalue weighted by molar-refractivity contribution is 0.312. The van der Waals surface area contributed by atoms with E-state index in [1.54, 1.807) is 0 Å². The van der Waals surface area contributed by atoms with Gasteiger partial charge in [0.2, 0.25) is 0 Å². The SMILES string of the molecule is CCCOc1cc(C)c(CCNC)cc1C(C)C. The summed E-state index contributed by atoms with van der Waals surface area (Å²) >= 11 is 0. The molecule has 1 N–H and O–H groups in total. The van der Waals surface area contributed by atoms with Crippen molar-refractivity contribution in [2.45, 2.75) is 46.5 Å². The smallest absolute Gasteiger partial charge is 0.123 e. The average Bonchev–Trinajstić information content (AvgIpc) is 2.34. The summed E-state index contributed by atoms with van der Waals surface area (Å²) in [4.78, 5) is 0. The maximum absolute atomic E-state index is 5.87. The summed E-state index contributed by atoms with van der Waals surface area (Å²) in [6.45, 7) is 10.6. The Kier molecular flexibility index (Phi) is 6.20. The molecule has 0 radical (unpaired) electrons. The molecule has 0 aliphatic carbocycles. The van der Waals surface area contributed by atoms with Crippen molar-refractivity contribution in [2.75, 3.05) is 20.2 Å². The summed E-state index contributed by atoms with van der Waals surface area (Å²) in [5, 5.41) is 3.21. The van der Waals surface area contributed by atoms with Gasteiger partial charge in [0.25, 0.3) is 0 Å². The van der Waals surface area contributed by atoms with Crippen LogP contribution in [0.2, 0.25) is 0 Å². The van der Waals surface area contributed by atoms with Crippen molar-refractivity contribution in [1.29, 1.82) is 0 Å². The molecular weight excluding hydrogens is 222 g/mol. The molecule has 1 rings (SSSR count). The molecule has 2 nitrogen and oxygen atoms in total. The molecule has 0 saturated carbocycles. The second kappa shape index (κ2) is 7.42. The number of benzene rings is 1. The number of ether oxygens (including phenoxy) is 1. The molecule has 0 spiro atoms. The summed E-state index contributed by atoms with van der Waals surface area (Å²) in [7, 11) is 2.00. The second-order valence-electron chi connectivity index (χ2n) is 5.17. The van der Waals surface area contributed by atoms with E-state index in [-0.39, 0.29) is 0 Å². The van der Waals surface area contributed by atoms with Crippen molar-refractivity contribution in [3.63, 3.8) is 0 Å². The highest BCUT2D eigenvalue weighted by Gasteiger charge is 2.11. The third kappa shape index (κ3) is 4.02. The van der Waals surface area contributed by atoms with Gasteiger partial charge in [-0.05, 0) is 62.0 Å². The van der Waals surface area contributed by atoms with E-state index in [9.17, 15) is 0 Å². The highest BCUT2D eigenvalue weighted by molar-refractivity contribution is 5.44. The van der Waals surface area contributed by atoms with E-state index in [4.69, 9.17) is 4.74 Å². The minimum absolute atomic E-state index is 0.505. The minimum atomic E-state index is 0.505. The van der Waals surface area contributed by atoms with Crippen LogP contribution in [0.3, 0.4) is 0 Å². The van der Waals surface area contributed by atoms with Crippen LogP contribution in [0.1, 0.15) is 49.8 Å². The zero-order valence-electron chi connectivity index (χ0n) is 12.5. The van der Waals surface area contributed by atoms with Crippen LogP contribution in [0.15, 0.2) is 12.1 Å². The zero-order chi connectivity index (χ0) is 13.5. The van der Waals surface area contributed by atoms with Crippen molar-refractivity contribution in [3.8, 4) is 5.75 Å². The molecule has 0 aliphatic rings. The van der Waals surface area contributed by atoms with Crippen LogP contribution < -0.4 is 10.1 Å². The van der Waals surface area contributed by atoms with Gasteiger partial charge in [0.15, 0.2) is 0 Å². The van der Waals surface area contributed by atoms with Gasteiger partial charge in [-0.15, -0.1) is 0 Å². The van der Waals surface area contributed by atoms with E-state index in [0.29, 0.717) is 5.92 Å². The Morgan fingerprint density at radius 2 is 2.00 bits per heavy atom. The number of aryl methyl sites for hydroxylation is 1. The van der Waals surface area contributed by atoms with Gasteiger partial charge in [-0.25, -0.2) is 0 Å². The Bertz CT molecular complexity index is 372. The summed E-state index contributed by atoms with van der Waals surface area (Å²) in [5.74, 6) is 1.57. The summed E-state index contributed by atoms with van der Waals surface area (Å²) in [6.07, 6.45) is 2.13. The van der Waals surface area contributed by atoms with Gasteiger partial charge < -0.3 is 10.1 Å². The van der Waals surface area contributed by atoms with E-state index in [0.717, 1.165) is 31.7 Å². The van der Waals surface area contributed by atoms with E-state index < -0.39 is 0 Å². The monoisotopic (exact) mass is 249 g/mol. The topological polar surface area (TPSA) is 21.3 Å². The Morgan fingerprint density at radius 1 is 1.28 bits per heavy atom. The van der Waals surface area contributed by atoms with E-state index in [1.165, 1.54) is 16.7 Å². The first-order valence-corrected chi connectivity index (χ1v) is 7.01. The standard InChI is InChI=1S/C16H27NO/c1-6-9-18-16-10-13(4)14(7-8-17-5)11-15(16)12(2)3/h10-12,17H,6-9H2,1-5H3. The van der Waals surface area contributed by atoms with Gasteiger partial charge >= 0.3 is 0 Å². The van der Waals surface area contributed by atoms with Crippen LogP contribution in [0.25, 0.3) is 0 Å². The van der Waals surface area contributed by atoms with Gasteiger partial charge in [-0.3, -0.25) is 0 Å². The second-order valence-corrected chi connectivity index (χ2v) is 5.17.